The Morgan fingerprint density at radius 1 is 0.900 bits per heavy atom. The van der Waals surface area contributed by atoms with Crippen LogP contribution < -0.4 is 4.74 Å². The zero-order valence-corrected chi connectivity index (χ0v) is 13.0. The molecule has 0 spiro atoms. The maximum atomic E-state index is 5.83. The number of benzene rings is 2. The molecule has 0 aliphatic carbocycles. The highest BCUT2D eigenvalue weighted by atomic mass is 16.5. The van der Waals surface area contributed by atoms with Gasteiger partial charge in [0.05, 0.1) is 6.61 Å². The number of hydrogen-bond donors (Lipinski definition) is 0. The lowest BCUT2D eigenvalue weighted by Crippen LogP contribution is -1.97. The van der Waals surface area contributed by atoms with Crippen molar-refractivity contribution in [2.75, 3.05) is 6.61 Å². The fourth-order valence-electron chi connectivity index (χ4n) is 2.36. The Hall–Kier alpha value is -1.76. The van der Waals surface area contributed by atoms with Crippen LogP contribution >= 0.6 is 0 Å². The minimum Gasteiger partial charge on any atom is -0.494 e. The Labute approximate surface area is 122 Å². The van der Waals surface area contributed by atoms with Gasteiger partial charge in [0.15, 0.2) is 0 Å². The molecule has 106 valence electrons. The van der Waals surface area contributed by atoms with Crippen LogP contribution in [0, 0.1) is 20.8 Å². The summed E-state index contributed by atoms with van der Waals surface area (Å²) in [5, 5.41) is 0. The summed E-state index contributed by atoms with van der Waals surface area (Å²) in [6.07, 6.45) is 2.27. The normalized spacial score (nSPS) is 10.6. The highest BCUT2D eigenvalue weighted by Crippen LogP contribution is 2.31. The van der Waals surface area contributed by atoms with Gasteiger partial charge in [-0.05, 0) is 67.1 Å². The predicted octanol–water partition coefficient (Wildman–Crippen LogP) is 5.46. The first-order valence-electron chi connectivity index (χ1n) is 7.43. The van der Waals surface area contributed by atoms with E-state index in [0.717, 1.165) is 25.2 Å². The Kier molecular flexibility index (Phi) is 4.84. The van der Waals surface area contributed by atoms with Crippen LogP contribution in [-0.4, -0.2) is 6.61 Å². The van der Waals surface area contributed by atoms with Crippen molar-refractivity contribution in [3.8, 4) is 16.9 Å². The molecule has 1 nitrogen and oxygen atoms in total. The van der Waals surface area contributed by atoms with Crippen molar-refractivity contribution in [1.82, 2.24) is 0 Å². The molecule has 0 aliphatic heterocycles. The average Bonchev–Trinajstić information content (AvgIpc) is 2.44. The molecule has 0 N–H and O–H groups in total. The topological polar surface area (TPSA) is 9.23 Å². The number of unbranched alkanes of at least 4 members (excludes halogenated alkanes) is 1. The second-order valence-corrected chi connectivity index (χ2v) is 5.43. The van der Waals surface area contributed by atoms with Crippen molar-refractivity contribution in [1.29, 1.82) is 0 Å². The molecule has 0 bridgehead atoms. The van der Waals surface area contributed by atoms with Gasteiger partial charge in [0.1, 0.15) is 5.75 Å². The lowest BCUT2D eigenvalue weighted by atomic mass is 9.94. The molecule has 0 saturated carbocycles. The van der Waals surface area contributed by atoms with Crippen LogP contribution in [0.15, 0.2) is 36.4 Å². The first-order chi connectivity index (χ1) is 9.63. The maximum absolute atomic E-state index is 5.83. The Morgan fingerprint density at radius 3 is 2.45 bits per heavy atom. The first-order valence-corrected chi connectivity index (χ1v) is 7.43. The highest BCUT2D eigenvalue weighted by Gasteiger charge is 2.08. The lowest BCUT2D eigenvalue weighted by molar-refractivity contribution is 0.309. The van der Waals surface area contributed by atoms with Gasteiger partial charge in [-0.15, -0.1) is 0 Å². The van der Waals surface area contributed by atoms with Crippen LogP contribution in [0.25, 0.3) is 11.1 Å². The summed E-state index contributed by atoms with van der Waals surface area (Å²) >= 11 is 0. The zero-order valence-electron chi connectivity index (χ0n) is 13.0. The van der Waals surface area contributed by atoms with Gasteiger partial charge < -0.3 is 4.74 Å². The molecule has 20 heavy (non-hydrogen) atoms. The van der Waals surface area contributed by atoms with Gasteiger partial charge in [-0.25, -0.2) is 0 Å². The Morgan fingerprint density at radius 2 is 1.70 bits per heavy atom. The fourth-order valence-corrected chi connectivity index (χ4v) is 2.36. The van der Waals surface area contributed by atoms with Crippen molar-refractivity contribution in [2.24, 2.45) is 0 Å². The summed E-state index contributed by atoms with van der Waals surface area (Å²) in [7, 11) is 0. The molecule has 2 rings (SSSR count). The van der Waals surface area contributed by atoms with Crippen LogP contribution in [0.3, 0.4) is 0 Å². The predicted molar refractivity (Wildman–Crippen MR) is 86.5 cm³/mol. The average molecular weight is 268 g/mol. The molecule has 0 atom stereocenters. The van der Waals surface area contributed by atoms with E-state index in [9.17, 15) is 0 Å². The largest absolute Gasteiger partial charge is 0.494 e. The summed E-state index contributed by atoms with van der Waals surface area (Å²) in [5.41, 5.74) is 6.56. The summed E-state index contributed by atoms with van der Waals surface area (Å²) < 4.78 is 5.83. The number of ether oxygens (including phenoxy) is 1. The molecule has 0 aliphatic rings. The fraction of sp³-hybridized carbons (Fsp3) is 0.368. The van der Waals surface area contributed by atoms with Gasteiger partial charge >= 0.3 is 0 Å². The van der Waals surface area contributed by atoms with Gasteiger partial charge in [-0.3, -0.25) is 0 Å². The minimum atomic E-state index is 0.797. The van der Waals surface area contributed by atoms with Crippen LogP contribution in [0.1, 0.15) is 36.5 Å². The maximum Gasteiger partial charge on any atom is 0.119 e. The molecule has 2 aromatic rings. The van der Waals surface area contributed by atoms with Gasteiger partial charge in [0.25, 0.3) is 0 Å². The number of hydrogen-bond acceptors (Lipinski definition) is 1. The molecule has 2 aromatic carbocycles. The van der Waals surface area contributed by atoms with Crippen molar-refractivity contribution < 1.29 is 4.74 Å². The summed E-state index contributed by atoms with van der Waals surface area (Å²) in [6.45, 7) is 9.49. The molecule has 0 aromatic heterocycles. The summed E-state index contributed by atoms with van der Waals surface area (Å²) in [5.74, 6) is 0.972. The first kappa shape index (κ1) is 14.6. The standard InChI is InChI=1S/C19H24O/c1-5-6-12-20-17-11-10-15(3)19(13-17)18-9-7-8-14(2)16(18)4/h7-11,13H,5-6,12H2,1-4H3. The molecule has 1 heteroatoms. The van der Waals surface area contributed by atoms with E-state index < -0.39 is 0 Å². The van der Waals surface area contributed by atoms with Crippen molar-refractivity contribution >= 4 is 0 Å². The SMILES string of the molecule is CCCCOc1ccc(C)c(-c2cccc(C)c2C)c1. The quantitative estimate of drug-likeness (QED) is 0.654. The number of aryl methyl sites for hydroxylation is 2. The van der Waals surface area contributed by atoms with Crippen LogP contribution in [0.5, 0.6) is 5.75 Å². The van der Waals surface area contributed by atoms with E-state index in [1.165, 1.54) is 27.8 Å². The Balaban J connectivity index is 2.35. The van der Waals surface area contributed by atoms with E-state index >= 15 is 0 Å². The van der Waals surface area contributed by atoms with E-state index in [-0.39, 0.29) is 0 Å². The Bertz CT molecular complexity index is 584. The van der Waals surface area contributed by atoms with E-state index in [2.05, 4.69) is 64.1 Å². The van der Waals surface area contributed by atoms with E-state index in [1.807, 2.05) is 0 Å². The van der Waals surface area contributed by atoms with Crippen LogP contribution in [0.2, 0.25) is 0 Å². The summed E-state index contributed by atoms with van der Waals surface area (Å²) in [6, 6.07) is 12.9. The van der Waals surface area contributed by atoms with E-state index in [0.29, 0.717) is 0 Å². The third kappa shape index (κ3) is 3.22. The van der Waals surface area contributed by atoms with Gasteiger partial charge in [-0.2, -0.15) is 0 Å². The molecular weight excluding hydrogens is 244 g/mol. The highest BCUT2D eigenvalue weighted by molar-refractivity contribution is 5.72. The zero-order chi connectivity index (χ0) is 14.5. The number of rotatable bonds is 5. The van der Waals surface area contributed by atoms with Gasteiger partial charge in [0, 0.05) is 0 Å². The lowest BCUT2D eigenvalue weighted by Gasteiger charge is -2.14. The van der Waals surface area contributed by atoms with Gasteiger partial charge in [-0.1, -0.05) is 37.6 Å². The van der Waals surface area contributed by atoms with E-state index in [1.54, 1.807) is 0 Å². The van der Waals surface area contributed by atoms with Crippen molar-refractivity contribution in [3.63, 3.8) is 0 Å². The van der Waals surface area contributed by atoms with Crippen LogP contribution in [-0.2, 0) is 0 Å². The van der Waals surface area contributed by atoms with Crippen LogP contribution in [0.4, 0.5) is 0 Å². The molecule has 0 amide bonds. The second kappa shape index (κ2) is 6.60. The molecule has 0 heterocycles. The summed E-state index contributed by atoms with van der Waals surface area (Å²) in [4.78, 5) is 0. The molecule has 0 saturated heterocycles. The third-order valence-corrected chi connectivity index (χ3v) is 3.87. The van der Waals surface area contributed by atoms with Crippen molar-refractivity contribution in [2.45, 2.75) is 40.5 Å². The molecule has 0 radical (unpaired) electrons. The second-order valence-electron chi connectivity index (χ2n) is 5.43. The minimum absolute atomic E-state index is 0.797. The molecule has 0 unspecified atom stereocenters. The monoisotopic (exact) mass is 268 g/mol. The third-order valence-electron chi connectivity index (χ3n) is 3.87. The van der Waals surface area contributed by atoms with Crippen molar-refractivity contribution in [3.05, 3.63) is 53.1 Å². The molecule has 0 fully saturated rings. The smallest absolute Gasteiger partial charge is 0.119 e. The molecular formula is C19H24O. The van der Waals surface area contributed by atoms with E-state index in [4.69, 9.17) is 4.74 Å². The van der Waals surface area contributed by atoms with Gasteiger partial charge in [0.2, 0.25) is 0 Å².